The highest BCUT2D eigenvalue weighted by Crippen LogP contribution is 2.23. The number of benzene rings is 1. The number of hydrogen-bond donors (Lipinski definition) is 0. The Labute approximate surface area is 123 Å². The second-order valence-electron chi connectivity index (χ2n) is 4.57. The van der Waals surface area contributed by atoms with E-state index in [2.05, 4.69) is 0 Å². The molecule has 20 heavy (non-hydrogen) atoms. The molecule has 0 saturated carbocycles. The van der Waals surface area contributed by atoms with Gasteiger partial charge in [-0.1, -0.05) is 37.3 Å². The molecule has 0 fully saturated rings. The van der Waals surface area contributed by atoms with Crippen LogP contribution in [0.3, 0.4) is 0 Å². The summed E-state index contributed by atoms with van der Waals surface area (Å²) in [5, 5.41) is 0. The van der Waals surface area contributed by atoms with Crippen molar-refractivity contribution >= 4 is 17.5 Å². The summed E-state index contributed by atoms with van der Waals surface area (Å²) in [4.78, 5) is 12.2. The van der Waals surface area contributed by atoms with Gasteiger partial charge in [0.25, 0.3) is 0 Å². The van der Waals surface area contributed by atoms with E-state index in [1.807, 2.05) is 44.2 Å². The summed E-state index contributed by atoms with van der Waals surface area (Å²) in [6.07, 6.45) is 1.65. The van der Waals surface area contributed by atoms with Gasteiger partial charge in [0.1, 0.15) is 5.69 Å². The smallest absolute Gasteiger partial charge is 0.192 e. The van der Waals surface area contributed by atoms with E-state index in [4.69, 9.17) is 0 Å². The Morgan fingerprint density at radius 2 is 2.00 bits per heavy atom. The van der Waals surface area contributed by atoms with Crippen LogP contribution in [0.4, 0.5) is 4.39 Å². The van der Waals surface area contributed by atoms with Crippen molar-refractivity contribution in [1.82, 2.24) is 4.57 Å². The van der Waals surface area contributed by atoms with Crippen molar-refractivity contribution in [3.63, 3.8) is 0 Å². The van der Waals surface area contributed by atoms with Gasteiger partial charge in [0.05, 0.1) is 11.8 Å². The van der Waals surface area contributed by atoms with Crippen molar-refractivity contribution in [3.05, 3.63) is 59.7 Å². The highest BCUT2D eigenvalue weighted by molar-refractivity contribution is 7.99. The van der Waals surface area contributed by atoms with Crippen LogP contribution in [0.5, 0.6) is 0 Å². The molecular weight excluding hydrogens is 273 g/mol. The van der Waals surface area contributed by atoms with Gasteiger partial charge in [-0.3, -0.25) is 4.79 Å². The van der Waals surface area contributed by atoms with E-state index in [-0.39, 0.29) is 17.5 Å². The molecule has 2 rings (SSSR count). The fourth-order valence-electron chi connectivity index (χ4n) is 2.18. The fraction of sp³-hybridized carbons (Fsp3) is 0.312. The second-order valence-corrected chi connectivity index (χ2v) is 5.84. The highest BCUT2D eigenvalue weighted by atomic mass is 32.2. The topological polar surface area (TPSA) is 22.0 Å². The number of ketones is 1. The molecule has 2 nitrogen and oxygen atoms in total. The summed E-state index contributed by atoms with van der Waals surface area (Å²) in [7, 11) is 0. The van der Waals surface area contributed by atoms with E-state index in [9.17, 15) is 9.18 Å². The normalized spacial score (nSPS) is 12.3. The Morgan fingerprint density at radius 3 is 2.65 bits per heavy atom. The lowest BCUT2D eigenvalue weighted by molar-refractivity contribution is 0.100. The molecule has 0 aliphatic heterocycles. The zero-order chi connectivity index (χ0) is 14.5. The quantitative estimate of drug-likeness (QED) is 0.745. The van der Waals surface area contributed by atoms with Crippen molar-refractivity contribution in [2.45, 2.75) is 19.9 Å². The summed E-state index contributed by atoms with van der Waals surface area (Å²) in [6.45, 7) is 3.96. The molecule has 0 spiro atoms. The predicted octanol–water partition coefficient (Wildman–Crippen LogP) is 4.17. The molecule has 2 aromatic rings. The molecule has 1 atom stereocenters. The number of rotatable bonds is 6. The minimum absolute atomic E-state index is 0.0636. The van der Waals surface area contributed by atoms with Gasteiger partial charge in [-0.25, -0.2) is 4.39 Å². The minimum Gasteiger partial charge on any atom is -0.335 e. The van der Waals surface area contributed by atoms with E-state index < -0.39 is 5.82 Å². The Kier molecular flexibility index (Phi) is 5.01. The Hall–Kier alpha value is -1.55. The molecule has 0 unspecified atom stereocenters. The first-order chi connectivity index (χ1) is 9.65. The zero-order valence-electron chi connectivity index (χ0n) is 11.7. The van der Waals surface area contributed by atoms with E-state index in [1.165, 1.54) is 17.8 Å². The molecule has 0 amide bonds. The molecule has 0 radical (unpaired) electrons. The number of hydrogen-bond acceptors (Lipinski definition) is 2. The summed E-state index contributed by atoms with van der Waals surface area (Å²) in [6, 6.07) is 11.1. The molecule has 4 heteroatoms. The first kappa shape index (κ1) is 14.9. The van der Waals surface area contributed by atoms with Gasteiger partial charge in [0.15, 0.2) is 11.6 Å². The van der Waals surface area contributed by atoms with Gasteiger partial charge in [0.2, 0.25) is 0 Å². The maximum Gasteiger partial charge on any atom is 0.192 e. The van der Waals surface area contributed by atoms with Crippen molar-refractivity contribution in [2.75, 3.05) is 11.5 Å². The molecule has 0 bridgehead atoms. The summed E-state index contributed by atoms with van der Waals surface area (Å²) in [5.41, 5.74) is 1.24. The van der Waals surface area contributed by atoms with Crippen LogP contribution < -0.4 is 0 Å². The highest BCUT2D eigenvalue weighted by Gasteiger charge is 2.20. The standard InChI is InChI=1S/C16H18FNOS/c1-3-20-11-15(19)16-14(17)9-10-18(16)12(2)13-7-5-4-6-8-13/h4-10,12H,3,11H2,1-2H3/t12-/m1/s1. The predicted molar refractivity (Wildman–Crippen MR) is 82.0 cm³/mol. The van der Waals surface area contributed by atoms with Crippen molar-refractivity contribution in [3.8, 4) is 0 Å². The monoisotopic (exact) mass is 291 g/mol. The Bertz CT molecular complexity index is 579. The SMILES string of the molecule is CCSCC(=O)c1c(F)ccn1[C@H](C)c1ccccc1. The number of aromatic nitrogens is 1. The van der Waals surface area contributed by atoms with Gasteiger partial charge in [0, 0.05) is 6.20 Å². The van der Waals surface area contributed by atoms with Crippen molar-refractivity contribution in [1.29, 1.82) is 0 Å². The number of halogens is 1. The molecule has 0 saturated heterocycles. The van der Waals surface area contributed by atoms with Gasteiger partial charge in [-0.05, 0) is 24.3 Å². The number of thioether (sulfide) groups is 1. The average molecular weight is 291 g/mol. The largest absolute Gasteiger partial charge is 0.335 e. The van der Waals surface area contributed by atoms with Crippen LogP contribution in [-0.4, -0.2) is 21.9 Å². The lowest BCUT2D eigenvalue weighted by atomic mass is 10.1. The van der Waals surface area contributed by atoms with Gasteiger partial charge in [-0.2, -0.15) is 11.8 Å². The molecule has 106 valence electrons. The average Bonchev–Trinajstić information content (AvgIpc) is 2.86. The van der Waals surface area contributed by atoms with Crippen LogP contribution in [0.25, 0.3) is 0 Å². The zero-order valence-corrected chi connectivity index (χ0v) is 12.5. The Balaban J connectivity index is 2.31. The van der Waals surface area contributed by atoms with Crippen LogP contribution in [-0.2, 0) is 0 Å². The molecular formula is C16H18FNOS. The summed E-state index contributed by atoms with van der Waals surface area (Å²) < 4.78 is 15.6. The van der Waals surface area contributed by atoms with Crippen molar-refractivity contribution in [2.24, 2.45) is 0 Å². The Morgan fingerprint density at radius 1 is 1.30 bits per heavy atom. The van der Waals surface area contributed by atoms with Crippen LogP contribution in [0, 0.1) is 5.82 Å². The molecule has 0 N–H and O–H groups in total. The van der Waals surface area contributed by atoms with Gasteiger partial charge in [-0.15, -0.1) is 0 Å². The fourth-order valence-corrected chi connectivity index (χ4v) is 2.70. The second kappa shape index (κ2) is 6.75. The maximum atomic E-state index is 13.9. The van der Waals surface area contributed by atoms with Gasteiger partial charge >= 0.3 is 0 Å². The first-order valence-corrected chi connectivity index (χ1v) is 7.82. The molecule has 1 aromatic heterocycles. The number of Topliss-reactive ketones (excluding diaryl/α,β-unsaturated/α-hetero) is 1. The van der Waals surface area contributed by atoms with Gasteiger partial charge < -0.3 is 4.57 Å². The van der Waals surface area contributed by atoms with Crippen LogP contribution in [0.2, 0.25) is 0 Å². The number of carbonyl (C=O) groups excluding carboxylic acids is 1. The van der Waals surface area contributed by atoms with E-state index in [1.54, 1.807) is 10.8 Å². The lowest BCUT2D eigenvalue weighted by Crippen LogP contribution is -2.16. The van der Waals surface area contributed by atoms with Crippen LogP contribution in [0.15, 0.2) is 42.6 Å². The van der Waals surface area contributed by atoms with Crippen LogP contribution >= 0.6 is 11.8 Å². The molecule has 0 aliphatic carbocycles. The van der Waals surface area contributed by atoms with E-state index in [0.717, 1.165) is 11.3 Å². The lowest BCUT2D eigenvalue weighted by Gasteiger charge is -2.17. The molecule has 1 heterocycles. The number of carbonyl (C=O) groups is 1. The molecule has 1 aromatic carbocycles. The van der Waals surface area contributed by atoms with E-state index in [0.29, 0.717) is 5.75 Å². The maximum absolute atomic E-state index is 13.9. The third-order valence-electron chi connectivity index (χ3n) is 3.27. The summed E-state index contributed by atoms with van der Waals surface area (Å²) in [5.74, 6) is 0.581. The van der Waals surface area contributed by atoms with E-state index >= 15 is 0 Å². The minimum atomic E-state index is -0.436. The van der Waals surface area contributed by atoms with Crippen LogP contribution in [0.1, 0.15) is 35.9 Å². The first-order valence-electron chi connectivity index (χ1n) is 6.67. The third-order valence-corrected chi connectivity index (χ3v) is 4.14. The third kappa shape index (κ3) is 3.12. The van der Waals surface area contributed by atoms with Crippen molar-refractivity contribution < 1.29 is 9.18 Å². The number of nitrogens with zero attached hydrogens (tertiary/aromatic N) is 1. The summed E-state index contributed by atoms with van der Waals surface area (Å²) >= 11 is 1.51. The molecule has 0 aliphatic rings.